The first-order valence-corrected chi connectivity index (χ1v) is 6.76. The first-order chi connectivity index (χ1) is 9.70. The van der Waals surface area contributed by atoms with Gasteiger partial charge in [-0.25, -0.2) is 0 Å². The van der Waals surface area contributed by atoms with Crippen molar-refractivity contribution >= 4 is 11.4 Å². The number of aryl methyl sites for hydroxylation is 1. The van der Waals surface area contributed by atoms with E-state index in [4.69, 9.17) is 0 Å². The zero-order valence-electron chi connectivity index (χ0n) is 11.5. The van der Waals surface area contributed by atoms with Crippen molar-refractivity contribution < 1.29 is 4.92 Å². The molecule has 0 aliphatic rings. The number of benzene rings is 2. The highest BCUT2D eigenvalue weighted by Gasteiger charge is 2.11. The summed E-state index contributed by atoms with van der Waals surface area (Å²) < 4.78 is 0. The van der Waals surface area contributed by atoms with Crippen LogP contribution in [0.5, 0.6) is 0 Å². The van der Waals surface area contributed by atoms with E-state index >= 15 is 0 Å². The van der Waals surface area contributed by atoms with Gasteiger partial charge in [-0.15, -0.1) is 0 Å². The molecular weight excluding hydrogens is 252 g/mol. The van der Waals surface area contributed by atoms with Gasteiger partial charge in [-0.1, -0.05) is 37.3 Å². The zero-order chi connectivity index (χ0) is 14.4. The van der Waals surface area contributed by atoms with Crippen LogP contribution in [0.1, 0.15) is 18.1 Å². The van der Waals surface area contributed by atoms with Gasteiger partial charge in [-0.3, -0.25) is 10.1 Å². The van der Waals surface area contributed by atoms with Crippen LogP contribution in [0, 0.1) is 10.1 Å². The monoisotopic (exact) mass is 270 g/mol. The van der Waals surface area contributed by atoms with Crippen LogP contribution < -0.4 is 5.32 Å². The van der Waals surface area contributed by atoms with Crippen molar-refractivity contribution in [2.75, 3.05) is 11.9 Å². The lowest BCUT2D eigenvalue weighted by molar-refractivity contribution is -0.385. The van der Waals surface area contributed by atoms with Crippen LogP contribution in [0.3, 0.4) is 0 Å². The van der Waals surface area contributed by atoms with Gasteiger partial charge < -0.3 is 5.32 Å². The molecular formula is C16H18N2O2. The Kier molecular flexibility index (Phi) is 4.71. The number of nitro groups is 1. The molecule has 20 heavy (non-hydrogen) atoms. The van der Waals surface area contributed by atoms with Gasteiger partial charge in [0.1, 0.15) is 0 Å². The van der Waals surface area contributed by atoms with E-state index in [1.54, 1.807) is 12.1 Å². The van der Waals surface area contributed by atoms with E-state index in [1.165, 1.54) is 5.56 Å². The lowest BCUT2D eigenvalue weighted by atomic mass is 10.1. The summed E-state index contributed by atoms with van der Waals surface area (Å²) in [4.78, 5) is 10.6. The van der Waals surface area contributed by atoms with Gasteiger partial charge in [0.25, 0.3) is 5.69 Å². The summed E-state index contributed by atoms with van der Waals surface area (Å²) in [7, 11) is 0. The summed E-state index contributed by atoms with van der Waals surface area (Å²) in [5.74, 6) is 0. The predicted molar refractivity (Wildman–Crippen MR) is 81.1 cm³/mol. The maximum atomic E-state index is 10.9. The van der Waals surface area contributed by atoms with Crippen LogP contribution in [0.2, 0.25) is 0 Å². The molecule has 104 valence electrons. The molecule has 4 heteroatoms. The van der Waals surface area contributed by atoms with Crippen LogP contribution in [0.15, 0.2) is 48.5 Å². The molecule has 4 nitrogen and oxygen atoms in total. The first-order valence-electron chi connectivity index (χ1n) is 6.76. The summed E-state index contributed by atoms with van der Waals surface area (Å²) in [5, 5.41) is 14.2. The molecule has 0 amide bonds. The molecule has 0 saturated carbocycles. The fourth-order valence-corrected chi connectivity index (χ4v) is 2.14. The van der Waals surface area contributed by atoms with E-state index in [-0.39, 0.29) is 10.6 Å². The standard InChI is InChI=1S/C16H18N2O2/c1-2-13-6-5-8-15(12-13)17-11-10-14-7-3-4-9-16(14)18(19)20/h3-9,12,17H,2,10-11H2,1H3. The minimum atomic E-state index is -0.326. The van der Waals surface area contributed by atoms with Crippen LogP contribution in [0.25, 0.3) is 0 Å². The van der Waals surface area contributed by atoms with Crippen LogP contribution in [-0.4, -0.2) is 11.5 Å². The first kappa shape index (κ1) is 14.1. The Labute approximate surface area is 118 Å². The Morgan fingerprint density at radius 1 is 1.15 bits per heavy atom. The highest BCUT2D eigenvalue weighted by molar-refractivity contribution is 5.46. The minimum Gasteiger partial charge on any atom is -0.385 e. The number of rotatable bonds is 6. The van der Waals surface area contributed by atoms with Gasteiger partial charge in [0.05, 0.1) is 4.92 Å². The van der Waals surface area contributed by atoms with Crippen molar-refractivity contribution in [1.29, 1.82) is 0 Å². The van der Waals surface area contributed by atoms with Crippen molar-refractivity contribution in [3.05, 3.63) is 69.8 Å². The summed E-state index contributed by atoms with van der Waals surface area (Å²) in [6, 6.07) is 15.1. The fraction of sp³-hybridized carbons (Fsp3) is 0.250. The Bertz CT molecular complexity index is 597. The molecule has 0 radical (unpaired) electrons. The van der Waals surface area contributed by atoms with E-state index in [9.17, 15) is 10.1 Å². The maximum Gasteiger partial charge on any atom is 0.272 e. The Morgan fingerprint density at radius 3 is 2.70 bits per heavy atom. The van der Waals surface area contributed by atoms with Crippen molar-refractivity contribution in [2.45, 2.75) is 19.8 Å². The number of hydrogen-bond acceptors (Lipinski definition) is 3. The molecule has 0 spiro atoms. The molecule has 2 aromatic carbocycles. The zero-order valence-corrected chi connectivity index (χ0v) is 11.5. The van der Waals surface area contributed by atoms with Gasteiger partial charge >= 0.3 is 0 Å². The van der Waals surface area contributed by atoms with E-state index in [0.717, 1.165) is 17.7 Å². The van der Waals surface area contributed by atoms with Gasteiger partial charge in [-0.2, -0.15) is 0 Å². The van der Waals surface area contributed by atoms with E-state index < -0.39 is 0 Å². The summed E-state index contributed by atoms with van der Waals surface area (Å²) in [6.07, 6.45) is 1.63. The topological polar surface area (TPSA) is 55.2 Å². The summed E-state index contributed by atoms with van der Waals surface area (Å²) >= 11 is 0. The van der Waals surface area contributed by atoms with Crippen molar-refractivity contribution in [1.82, 2.24) is 0 Å². The van der Waals surface area contributed by atoms with E-state index in [2.05, 4.69) is 24.4 Å². The third-order valence-electron chi connectivity index (χ3n) is 3.25. The molecule has 2 aromatic rings. The molecule has 0 bridgehead atoms. The normalized spacial score (nSPS) is 10.2. The smallest absolute Gasteiger partial charge is 0.272 e. The second-order valence-electron chi connectivity index (χ2n) is 4.62. The molecule has 0 saturated heterocycles. The van der Waals surface area contributed by atoms with E-state index in [1.807, 2.05) is 24.3 Å². The summed E-state index contributed by atoms with van der Waals surface area (Å²) in [5.41, 5.74) is 3.29. The van der Waals surface area contributed by atoms with Crippen LogP contribution in [0.4, 0.5) is 11.4 Å². The van der Waals surface area contributed by atoms with E-state index in [0.29, 0.717) is 13.0 Å². The maximum absolute atomic E-state index is 10.9. The molecule has 0 unspecified atom stereocenters. The van der Waals surface area contributed by atoms with Crippen molar-refractivity contribution in [2.24, 2.45) is 0 Å². The SMILES string of the molecule is CCc1cccc(NCCc2ccccc2[N+](=O)[O-])c1. The minimum absolute atomic E-state index is 0.191. The van der Waals surface area contributed by atoms with Gasteiger partial charge in [-0.05, 0) is 30.5 Å². The average molecular weight is 270 g/mol. The van der Waals surface area contributed by atoms with Crippen molar-refractivity contribution in [3.8, 4) is 0 Å². The largest absolute Gasteiger partial charge is 0.385 e. The molecule has 0 aliphatic heterocycles. The number of nitrogens with zero attached hydrogens (tertiary/aromatic N) is 1. The predicted octanol–water partition coefficient (Wildman–Crippen LogP) is 3.81. The molecule has 0 heterocycles. The summed E-state index contributed by atoms with van der Waals surface area (Å²) in [6.45, 7) is 2.80. The fourth-order valence-electron chi connectivity index (χ4n) is 2.14. The third-order valence-corrected chi connectivity index (χ3v) is 3.25. The Balaban J connectivity index is 1.97. The van der Waals surface area contributed by atoms with Gasteiger partial charge in [0.15, 0.2) is 0 Å². The molecule has 0 aliphatic carbocycles. The molecule has 0 aromatic heterocycles. The number of nitrogens with one attached hydrogen (secondary N) is 1. The quantitative estimate of drug-likeness (QED) is 0.641. The number of hydrogen-bond donors (Lipinski definition) is 1. The van der Waals surface area contributed by atoms with Crippen molar-refractivity contribution in [3.63, 3.8) is 0 Å². The molecule has 0 fully saturated rings. The number of anilines is 1. The van der Waals surface area contributed by atoms with Crippen LogP contribution >= 0.6 is 0 Å². The number of nitro benzene ring substituents is 1. The number of para-hydroxylation sites is 1. The van der Waals surface area contributed by atoms with Gasteiger partial charge in [0.2, 0.25) is 0 Å². The molecule has 2 rings (SSSR count). The van der Waals surface area contributed by atoms with Crippen LogP contribution in [-0.2, 0) is 12.8 Å². The molecule has 0 atom stereocenters. The lowest BCUT2D eigenvalue weighted by Gasteiger charge is -2.08. The third kappa shape index (κ3) is 3.57. The Morgan fingerprint density at radius 2 is 1.95 bits per heavy atom. The average Bonchev–Trinajstić information content (AvgIpc) is 2.48. The second kappa shape index (κ2) is 6.70. The Hall–Kier alpha value is -2.36. The highest BCUT2D eigenvalue weighted by atomic mass is 16.6. The second-order valence-corrected chi connectivity index (χ2v) is 4.62. The van der Waals surface area contributed by atoms with Gasteiger partial charge in [0, 0.05) is 23.9 Å². The highest BCUT2D eigenvalue weighted by Crippen LogP contribution is 2.18. The molecule has 1 N–H and O–H groups in total. The lowest BCUT2D eigenvalue weighted by Crippen LogP contribution is -2.06.